The third-order valence-electron chi connectivity index (χ3n) is 4.76. The number of carbonyl (C=O) groups excluding carboxylic acids is 1. The summed E-state index contributed by atoms with van der Waals surface area (Å²) in [5, 5.41) is 7.53. The van der Waals surface area contributed by atoms with Crippen LogP contribution in [0.3, 0.4) is 0 Å². The quantitative estimate of drug-likeness (QED) is 0.855. The molecule has 0 aromatic carbocycles. The molecule has 0 radical (unpaired) electrons. The highest BCUT2D eigenvalue weighted by Gasteiger charge is 2.31. The largest absolute Gasteiger partial charge is 0.327 e. The number of nitrogens with zero attached hydrogens (tertiary/aromatic N) is 6. The van der Waals surface area contributed by atoms with Crippen molar-refractivity contribution in [3.8, 4) is 0 Å². The van der Waals surface area contributed by atoms with Gasteiger partial charge in [0.2, 0.25) is 0 Å². The van der Waals surface area contributed by atoms with E-state index in [0.717, 1.165) is 18.9 Å². The highest BCUT2D eigenvalue weighted by atomic mass is 16.2. The second kappa shape index (κ2) is 6.68. The van der Waals surface area contributed by atoms with Gasteiger partial charge in [0.25, 0.3) is 5.91 Å². The molecular formula is C17H24N6O. The van der Waals surface area contributed by atoms with Crippen LogP contribution < -0.4 is 0 Å². The van der Waals surface area contributed by atoms with Gasteiger partial charge < -0.3 is 9.47 Å². The lowest BCUT2D eigenvalue weighted by Gasteiger charge is -2.35. The highest BCUT2D eigenvalue weighted by molar-refractivity contribution is 5.94. The fourth-order valence-electron chi connectivity index (χ4n) is 2.98. The first-order valence-corrected chi connectivity index (χ1v) is 8.31. The standard InChI is InChI=1S/C17H24N6O/c1-12(2)21(4)11-15-10-18-16-13(3)22(7-8-23(15)16)17(24)14-5-6-19-20-9-14/h5-6,9-10,12-13H,7-8,11H2,1-4H3/t13-/m1/s1. The van der Waals surface area contributed by atoms with Crippen molar-refractivity contribution < 1.29 is 4.79 Å². The molecule has 2 aromatic rings. The molecule has 0 N–H and O–H groups in total. The van der Waals surface area contributed by atoms with Crippen LogP contribution in [0.2, 0.25) is 0 Å². The van der Waals surface area contributed by atoms with Gasteiger partial charge in [0.05, 0.1) is 29.7 Å². The molecule has 0 fully saturated rings. The van der Waals surface area contributed by atoms with Crippen LogP contribution in [-0.2, 0) is 13.1 Å². The van der Waals surface area contributed by atoms with Crippen molar-refractivity contribution in [3.05, 3.63) is 41.7 Å². The number of fused-ring (bicyclic) bond motifs is 1. The van der Waals surface area contributed by atoms with Crippen LogP contribution >= 0.6 is 0 Å². The van der Waals surface area contributed by atoms with Crippen LogP contribution in [-0.4, -0.2) is 55.1 Å². The van der Waals surface area contributed by atoms with E-state index in [2.05, 4.69) is 45.5 Å². The molecular weight excluding hydrogens is 304 g/mol. The monoisotopic (exact) mass is 328 g/mol. The van der Waals surface area contributed by atoms with Gasteiger partial charge in [0.15, 0.2) is 0 Å². The van der Waals surface area contributed by atoms with Gasteiger partial charge in [-0.05, 0) is 33.9 Å². The zero-order valence-corrected chi connectivity index (χ0v) is 14.7. The van der Waals surface area contributed by atoms with Crippen LogP contribution in [0.4, 0.5) is 0 Å². The molecule has 0 saturated heterocycles. The smallest absolute Gasteiger partial charge is 0.256 e. The van der Waals surface area contributed by atoms with Crippen molar-refractivity contribution in [3.63, 3.8) is 0 Å². The minimum Gasteiger partial charge on any atom is -0.327 e. The lowest BCUT2D eigenvalue weighted by molar-refractivity contribution is 0.0634. The van der Waals surface area contributed by atoms with Gasteiger partial charge >= 0.3 is 0 Å². The predicted molar refractivity (Wildman–Crippen MR) is 90.3 cm³/mol. The fraction of sp³-hybridized carbons (Fsp3) is 0.529. The Morgan fingerprint density at radius 2 is 2.12 bits per heavy atom. The number of carbonyl (C=O) groups is 1. The van der Waals surface area contributed by atoms with E-state index in [1.54, 1.807) is 12.3 Å². The second-order valence-electron chi connectivity index (χ2n) is 6.57. The Bertz CT molecular complexity index is 711. The molecule has 1 aliphatic heterocycles. The molecule has 0 bridgehead atoms. The predicted octanol–water partition coefficient (Wildman–Crippen LogP) is 1.73. The lowest BCUT2D eigenvalue weighted by Crippen LogP contribution is -2.42. The number of imidazole rings is 1. The molecule has 7 heteroatoms. The minimum absolute atomic E-state index is 0.0208. The summed E-state index contributed by atoms with van der Waals surface area (Å²) in [7, 11) is 2.11. The number of rotatable bonds is 4. The first kappa shape index (κ1) is 16.6. The molecule has 0 spiro atoms. The van der Waals surface area contributed by atoms with E-state index >= 15 is 0 Å². The SMILES string of the molecule is CC(C)N(C)Cc1cnc2n1CCN(C(=O)c1ccnnc1)[C@@H]2C. The van der Waals surface area contributed by atoms with E-state index in [1.807, 2.05) is 18.0 Å². The van der Waals surface area contributed by atoms with E-state index in [4.69, 9.17) is 0 Å². The lowest BCUT2D eigenvalue weighted by atomic mass is 10.1. The Hall–Kier alpha value is -2.28. The summed E-state index contributed by atoms with van der Waals surface area (Å²) in [6.45, 7) is 8.69. The van der Waals surface area contributed by atoms with Gasteiger partial charge in [-0.2, -0.15) is 10.2 Å². The zero-order chi connectivity index (χ0) is 17.3. The third-order valence-corrected chi connectivity index (χ3v) is 4.76. The van der Waals surface area contributed by atoms with E-state index in [1.165, 1.54) is 11.9 Å². The summed E-state index contributed by atoms with van der Waals surface area (Å²) in [6.07, 6.45) is 4.99. The maximum absolute atomic E-state index is 12.7. The van der Waals surface area contributed by atoms with Gasteiger partial charge in [-0.1, -0.05) is 0 Å². The molecule has 24 heavy (non-hydrogen) atoms. The highest BCUT2D eigenvalue weighted by Crippen LogP contribution is 2.27. The molecule has 1 atom stereocenters. The average molecular weight is 328 g/mol. The van der Waals surface area contributed by atoms with E-state index < -0.39 is 0 Å². The molecule has 3 rings (SSSR count). The van der Waals surface area contributed by atoms with Crippen molar-refractivity contribution in [2.24, 2.45) is 0 Å². The summed E-state index contributed by atoms with van der Waals surface area (Å²) < 4.78 is 2.25. The number of aromatic nitrogens is 4. The van der Waals surface area contributed by atoms with E-state index in [0.29, 0.717) is 18.2 Å². The molecule has 0 saturated carbocycles. The van der Waals surface area contributed by atoms with Crippen molar-refractivity contribution in [1.82, 2.24) is 29.5 Å². The van der Waals surface area contributed by atoms with Gasteiger partial charge in [-0.25, -0.2) is 4.98 Å². The summed E-state index contributed by atoms with van der Waals surface area (Å²) in [5.74, 6) is 0.927. The zero-order valence-electron chi connectivity index (χ0n) is 14.7. The molecule has 0 aliphatic carbocycles. The Labute approximate surface area is 142 Å². The first-order valence-electron chi connectivity index (χ1n) is 8.31. The first-order chi connectivity index (χ1) is 11.5. The Morgan fingerprint density at radius 1 is 1.33 bits per heavy atom. The van der Waals surface area contributed by atoms with Crippen LogP contribution in [0.5, 0.6) is 0 Å². The molecule has 0 unspecified atom stereocenters. The topological polar surface area (TPSA) is 67.2 Å². The molecule has 1 amide bonds. The molecule has 7 nitrogen and oxygen atoms in total. The molecule has 1 aliphatic rings. The Morgan fingerprint density at radius 3 is 2.79 bits per heavy atom. The van der Waals surface area contributed by atoms with Crippen LogP contribution in [0.1, 0.15) is 48.7 Å². The van der Waals surface area contributed by atoms with Crippen LogP contribution in [0.25, 0.3) is 0 Å². The Kier molecular flexibility index (Phi) is 4.62. The second-order valence-corrected chi connectivity index (χ2v) is 6.57. The maximum Gasteiger partial charge on any atom is 0.256 e. The Balaban J connectivity index is 1.80. The van der Waals surface area contributed by atoms with Crippen molar-refractivity contribution in [2.75, 3.05) is 13.6 Å². The molecule has 3 heterocycles. The van der Waals surface area contributed by atoms with E-state index in [-0.39, 0.29) is 11.9 Å². The number of hydrogen-bond donors (Lipinski definition) is 0. The summed E-state index contributed by atoms with van der Waals surface area (Å²) in [6, 6.07) is 2.12. The summed E-state index contributed by atoms with van der Waals surface area (Å²) >= 11 is 0. The average Bonchev–Trinajstić information content (AvgIpc) is 2.99. The van der Waals surface area contributed by atoms with Gasteiger partial charge in [0.1, 0.15) is 5.82 Å². The fourth-order valence-corrected chi connectivity index (χ4v) is 2.98. The third kappa shape index (κ3) is 3.03. The van der Waals surface area contributed by atoms with Crippen molar-refractivity contribution in [2.45, 2.75) is 45.9 Å². The maximum atomic E-state index is 12.7. The summed E-state index contributed by atoms with van der Waals surface area (Å²) in [5.41, 5.74) is 1.77. The normalized spacial score (nSPS) is 17.4. The minimum atomic E-state index is -0.0579. The van der Waals surface area contributed by atoms with E-state index in [9.17, 15) is 4.79 Å². The van der Waals surface area contributed by atoms with Gasteiger partial charge in [0, 0.05) is 31.9 Å². The van der Waals surface area contributed by atoms with Gasteiger partial charge in [-0.3, -0.25) is 9.69 Å². The molecule has 128 valence electrons. The summed E-state index contributed by atoms with van der Waals surface area (Å²) in [4.78, 5) is 21.4. The van der Waals surface area contributed by atoms with Crippen LogP contribution in [0.15, 0.2) is 24.7 Å². The van der Waals surface area contributed by atoms with Gasteiger partial charge in [-0.15, -0.1) is 0 Å². The van der Waals surface area contributed by atoms with Crippen molar-refractivity contribution >= 4 is 5.91 Å². The van der Waals surface area contributed by atoms with Crippen LogP contribution in [0, 0.1) is 0 Å². The molecule has 2 aromatic heterocycles. The number of hydrogen-bond acceptors (Lipinski definition) is 5. The number of amides is 1. The van der Waals surface area contributed by atoms with Crippen molar-refractivity contribution in [1.29, 1.82) is 0 Å².